The van der Waals surface area contributed by atoms with Gasteiger partial charge >= 0.3 is 39.1 Å². The molecule has 0 radical (unpaired) electrons. The van der Waals surface area contributed by atoms with Gasteiger partial charge in [-0.25, -0.2) is 69.7 Å². The number of anilines is 5. The molecule has 70 heteroatoms. The van der Waals surface area contributed by atoms with Crippen LogP contribution in [0.3, 0.4) is 0 Å². The van der Waals surface area contributed by atoms with E-state index in [4.69, 9.17) is 188 Å². The zero-order valence-electron chi connectivity index (χ0n) is 74.1. The number of nitrogens with two attached hydrogens (primary N) is 5. The first-order valence-electron chi connectivity index (χ1n) is 41.8. The highest BCUT2D eigenvalue weighted by atomic mass is 35.5. The smallest absolute Gasteiger partial charge is 0.475 e. The zero-order valence-corrected chi connectivity index (χ0v) is 82.4. The molecule has 10 aliphatic heterocycles. The number of fused-ring (bicyclic) bond motifs is 10. The fourth-order valence-corrected chi connectivity index (χ4v) is 25.3. The second-order valence-electron chi connectivity index (χ2n) is 32.7. The number of phosphoric ester groups is 5. The van der Waals surface area contributed by atoms with Crippen molar-refractivity contribution >= 4 is 183 Å². The predicted molar refractivity (Wildman–Crippen MR) is 471 cm³/mol. The molecule has 10 aromatic heterocycles. The van der Waals surface area contributed by atoms with Crippen LogP contribution in [-0.2, 0) is 114 Å². The number of imidazole rings is 5. The highest BCUT2D eigenvalue weighted by Crippen LogP contribution is 2.67. The molecule has 10 fully saturated rings. The van der Waals surface area contributed by atoms with Gasteiger partial charge in [-0.15, -0.1) is 0 Å². The van der Waals surface area contributed by atoms with Gasteiger partial charge < -0.3 is 61.8 Å². The van der Waals surface area contributed by atoms with Crippen molar-refractivity contribution in [1.82, 2.24) is 97.6 Å². The number of hydrogen-bond donors (Lipinski definition) is 8. The maximum absolute atomic E-state index is 15.7. The largest absolute Gasteiger partial charge is 0.476 e. The Labute approximate surface area is 802 Å². The maximum Gasteiger partial charge on any atom is 0.475 e. The Morgan fingerprint density at radius 2 is 0.547 bits per heavy atom. The lowest BCUT2D eigenvalue weighted by molar-refractivity contribution is -0.0734. The molecule has 10 aliphatic rings. The minimum atomic E-state index is -4.01. The number of ether oxygens (including phenoxy) is 7. The molecule has 13 N–H and O–H groups in total. The summed E-state index contributed by atoms with van der Waals surface area (Å²) in [6, 6.07) is 0. The first-order valence-corrected chi connectivity index (χ1v) is 51.0. The average molecular weight is 2170 g/mol. The van der Waals surface area contributed by atoms with Crippen molar-refractivity contribution in [2.45, 2.75) is 231 Å². The van der Waals surface area contributed by atoms with E-state index in [0.29, 0.717) is 13.2 Å². The molecule has 0 aromatic carbocycles. The van der Waals surface area contributed by atoms with E-state index in [1.165, 1.54) is 21.8 Å². The number of rotatable bonds is 19. The lowest BCUT2D eigenvalue weighted by Gasteiger charge is -2.33. The number of H-pyrrole nitrogens is 3. The van der Waals surface area contributed by atoms with Crippen LogP contribution in [0.5, 0.6) is 11.8 Å². The number of phosphoric acid groups is 5. The number of aromatic amines is 3. The fraction of sp³-hybridized carbons (Fsp3) is 0.638. The van der Waals surface area contributed by atoms with Gasteiger partial charge in [-0.1, -0.05) is 58.0 Å². The molecule has 0 amide bonds. The van der Waals surface area contributed by atoms with Gasteiger partial charge in [0, 0.05) is 0 Å². The van der Waals surface area contributed by atoms with Crippen LogP contribution in [0.4, 0.5) is 51.7 Å². The third kappa shape index (κ3) is 20.5. The van der Waals surface area contributed by atoms with Crippen molar-refractivity contribution in [1.29, 1.82) is 0 Å². The van der Waals surface area contributed by atoms with Gasteiger partial charge in [0.25, 0.3) is 42.3 Å². The molecule has 10 saturated heterocycles. The van der Waals surface area contributed by atoms with Crippen molar-refractivity contribution < 1.29 is 146 Å². The second-order valence-corrected chi connectivity index (χ2v) is 43.5. The zero-order chi connectivity index (χ0) is 101. The Morgan fingerprint density at radius 1 is 0.353 bits per heavy atom. The first kappa shape index (κ1) is 104. The highest BCUT2D eigenvalue weighted by Gasteiger charge is 2.70. The Hall–Kier alpha value is -7.80. The van der Waals surface area contributed by atoms with Crippen LogP contribution in [0.2, 0.25) is 0 Å². The predicted octanol–water partition coefficient (Wildman–Crippen LogP) is 9.47. The number of alkyl halides is 10. The molecule has 0 aliphatic carbocycles. The Morgan fingerprint density at radius 3 is 0.741 bits per heavy atom. The van der Waals surface area contributed by atoms with E-state index in [1.54, 1.807) is 83.1 Å². The van der Waals surface area contributed by atoms with Crippen molar-refractivity contribution in [2.24, 2.45) is 0 Å². The number of nitrogens with one attached hydrogen (secondary N) is 3. The molecule has 764 valence electrons. The lowest BCUT2D eigenvalue weighted by Crippen LogP contribution is -2.43. The van der Waals surface area contributed by atoms with Crippen LogP contribution < -0.4 is 54.8 Å². The first-order chi connectivity index (χ1) is 65.1. The van der Waals surface area contributed by atoms with Gasteiger partial charge in [-0.2, -0.15) is 34.9 Å². The number of nitrogens with zero attached hydrogens (tertiary/aromatic N) is 17. The summed E-state index contributed by atoms with van der Waals surface area (Å²) in [5.41, 5.74) is 26.9. The third-order valence-corrected chi connectivity index (χ3v) is 30.8. The van der Waals surface area contributed by atoms with E-state index in [-0.39, 0.29) is 130 Å². The van der Waals surface area contributed by atoms with E-state index in [1.807, 2.05) is 0 Å². The fourth-order valence-electron chi connectivity index (χ4n) is 15.4. The second kappa shape index (κ2) is 39.0. The molecule has 10 aromatic rings. The molecule has 25 atom stereocenters. The minimum absolute atomic E-state index is 0.0231. The molecule has 2 unspecified atom stereocenters. The molecule has 0 bridgehead atoms. The normalized spacial score (nSPS) is 35.7. The summed E-state index contributed by atoms with van der Waals surface area (Å²) in [6.45, 7) is 19.3. The number of aromatic nitrogens is 20. The standard InChI is InChI=1S/2C15H20ClFN5O6P.3C13H16ClFN5O6P/c2*1-4-24-12-9-11(20-14(18)21-12)22(6-19-9)13-15(16,17)10-8(26-13)5-25-29(23,28-10)27-7(2)3;3*1-5(2)25-27(22)23-3-6-8(26-27)13(14,15)11(24-6)20-4-17-7-9(20)18-12(16)19-10(7)21/h2*6-8,10,13H,4-5H2,1-3H3,(H2,18,20,21);3*4-6,8,11H,3H2,1-2H3,(H3,16,18,19,21)/t8-,10-,13-,15+,29?;8-,10-,13-,15+,29-;6-,8-,11-,13+,27?;6-,8-,11-,13+,27+;6-,8-,11-,13+,27-/m11111/s1. The molecular formula is C69H88Cl5F5N25O30P5. The van der Waals surface area contributed by atoms with E-state index < -0.39 is 204 Å². The van der Waals surface area contributed by atoms with Crippen LogP contribution in [0, 0.1) is 0 Å². The summed E-state index contributed by atoms with van der Waals surface area (Å²) >= 11 is 30.7. The van der Waals surface area contributed by atoms with Gasteiger partial charge in [0.1, 0.15) is 30.5 Å². The van der Waals surface area contributed by atoms with E-state index >= 15 is 22.0 Å². The van der Waals surface area contributed by atoms with Crippen molar-refractivity contribution in [3.8, 4) is 11.8 Å². The summed E-state index contributed by atoms with van der Waals surface area (Å²) in [5.74, 6) is -0.428. The Kier molecular flexibility index (Phi) is 29.2. The van der Waals surface area contributed by atoms with Gasteiger partial charge in [0.2, 0.25) is 41.5 Å². The molecule has 55 nitrogen and oxygen atoms in total. The molecule has 0 spiro atoms. The number of nitrogen functional groups attached to an aromatic ring is 5. The number of hydrogen-bond acceptors (Lipinski definition) is 47. The average Bonchev–Trinajstić information content (AvgIpc) is 1.56. The molecule has 0 saturated carbocycles. The lowest BCUT2D eigenvalue weighted by atomic mass is 10.1. The summed E-state index contributed by atoms with van der Waals surface area (Å²) in [7, 11) is -20.0. The molecule has 20 heterocycles. The Balaban J connectivity index is 0.000000125. The minimum Gasteiger partial charge on any atom is -0.476 e. The van der Waals surface area contributed by atoms with E-state index in [0.717, 1.165) is 32.7 Å². The SMILES string of the molecule is CC(C)OP1(=O)OC[C@H]2O[C@@H](n3cnc4c(=O)[nH]c(N)nc43)[C@](F)(Cl)[C@@H]2O1.CC(C)O[P@@]1(=O)OC[C@H]2O[C@@H](n3cnc4c(=O)[nH]c(N)nc43)[C@](F)(Cl)[C@@H]2O1.CC(C)O[P@]1(=O)OC[C@H]2O[C@@H](n3cnc4c(=O)[nH]c(N)nc43)[C@](F)(Cl)[C@@H]2O1.CCOc1nc(N)nc2c1ncn2[C@@H]1O[C@@H]2COP(=O)(OC(C)C)O[C@H]2[C@@]1(F)Cl.CCOc1nc(N)nc2c1ncn2[C@@H]1O[C@@H]2CO[P@](=O)(OC(C)C)O[C@H]2[C@@]1(F)Cl. The quantitative estimate of drug-likeness (QED) is 0.0212. The molecular weight excluding hydrogens is 2090 g/mol. The van der Waals surface area contributed by atoms with Gasteiger partial charge in [0.05, 0.1) is 108 Å². The van der Waals surface area contributed by atoms with Crippen LogP contribution in [0.1, 0.15) is 114 Å². The highest BCUT2D eigenvalue weighted by molar-refractivity contribution is 7.49. The van der Waals surface area contributed by atoms with Gasteiger partial charge in [-0.3, -0.25) is 120 Å². The van der Waals surface area contributed by atoms with Crippen LogP contribution in [-0.4, -0.2) is 261 Å². The maximum atomic E-state index is 15.7. The van der Waals surface area contributed by atoms with Crippen molar-refractivity contribution in [2.75, 3.05) is 74.9 Å². The third-order valence-electron chi connectivity index (χ3n) is 20.6. The van der Waals surface area contributed by atoms with Crippen LogP contribution in [0.15, 0.2) is 46.0 Å². The summed E-state index contributed by atoms with van der Waals surface area (Å²) in [5, 5.41) is -13.3. The van der Waals surface area contributed by atoms with Crippen LogP contribution >= 0.6 is 97.1 Å². The summed E-state index contributed by atoms with van der Waals surface area (Å²) in [4.78, 5) is 90.7. The van der Waals surface area contributed by atoms with E-state index in [2.05, 4.69) is 74.8 Å². The molecule has 20 rings (SSSR count). The topological polar surface area (TPSA) is 696 Å². The van der Waals surface area contributed by atoms with Gasteiger partial charge in [-0.05, 0) is 83.1 Å². The summed E-state index contributed by atoms with van der Waals surface area (Å²) < 4.78 is 263. The molecule has 139 heavy (non-hydrogen) atoms. The number of halogens is 10. The Bertz CT molecular complexity index is 6220. The van der Waals surface area contributed by atoms with E-state index in [9.17, 15) is 37.2 Å². The van der Waals surface area contributed by atoms with Crippen molar-refractivity contribution in [3.63, 3.8) is 0 Å². The monoisotopic (exact) mass is 2170 g/mol. The van der Waals surface area contributed by atoms with Gasteiger partial charge in [0.15, 0.2) is 117 Å². The van der Waals surface area contributed by atoms with Crippen molar-refractivity contribution in [3.05, 3.63) is 62.7 Å². The summed E-state index contributed by atoms with van der Waals surface area (Å²) in [6.07, 6.45) is -15.5. The van der Waals surface area contributed by atoms with Crippen LogP contribution in [0.25, 0.3) is 55.8 Å².